The van der Waals surface area contributed by atoms with Crippen molar-refractivity contribution in [3.8, 4) is 5.88 Å². The second-order valence-electron chi connectivity index (χ2n) is 5.47. The van der Waals surface area contributed by atoms with E-state index in [1.165, 1.54) is 24.0 Å². The third kappa shape index (κ3) is 4.83. The van der Waals surface area contributed by atoms with Gasteiger partial charge in [-0.25, -0.2) is 4.98 Å². The molecule has 0 saturated heterocycles. The molecule has 1 aliphatic carbocycles. The molecule has 1 aliphatic rings. The number of nitrogens with one attached hydrogen (secondary N) is 1. The molecule has 2 aromatic rings. The van der Waals surface area contributed by atoms with Crippen LogP contribution in [0.1, 0.15) is 30.4 Å². The second-order valence-corrected chi connectivity index (χ2v) is 5.47. The van der Waals surface area contributed by atoms with Crippen molar-refractivity contribution in [2.75, 3.05) is 6.61 Å². The summed E-state index contributed by atoms with van der Waals surface area (Å²) in [6, 6.07) is 8.85. The summed E-state index contributed by atoms with van der Waals surface area (Å²) < 4.78 is 5.67. The predicted octanol–water partition coefficient (Wildman–Crippen LogP) is 2.74. The fraction of sp³-hybridized carbons (Fsp3) is 0.412. The molecule has 4 heteroatoms. The molecule has 0 spiro atoms. The third-order valence-corrected chi connectivity index (χ3v) is 3.58. The van der Waals surface area contributed by atoms with E-state index in [1.54, 1.807) is 0 Å². The van der Waals surface area contributed by atoms with Gasteiger partial charge in [0.15, 0.2) is 0 Å². The molecule has 1 N–H and O–H groups in total. The number of aromatic nitrogens is 2. The first-order valence-electron chi connectivity index (χ1n) is 7.60. The average Bonchev–Trinajstić information content (AvgIpc) is 3.36. The quantitative estimate of drug-likeness (QED) is 0.757. The number of hydrogen-bond donors (Lipinski definition) is 1. The summed E-state index contributed by atoms with van der Waals surface area (Å²) in [6.45, 7) is 1.59. The Morgan fingerprint density at radius 3 is 2.67 bits per heavy atom. The van der Waals surface area contributed by atoms with Gasteiger partial charge in [0, 0.05) is 37.2 Å². The van der Waals surface area contributed by atoms with E-state index in [1.807, 2.05) is 36.8 Å². The van der Waals surface area contributed by atoms with Crippen molar-refractivity contribution in [3.63, 3.8) is 0 Å². The van der Waals surface area contributed by atoms with Crippen LogP contribution in [0.3, 0.4) is 0 Å². The average molecular weight is 283 g/mol. The van der Waals surface area contributed by atoms with Crippen LogP contribution in [-0.4, -0.2) is 22.6 Å². The van der Waals surface area contributed by atoms with Crippen molar-refractivity contribution in [1.82, 2.24) is 15.3 Å². The molecule has 0 bridgehead atoms. The first-order chi connectivity index (χ1) is 10.4. The van der Waals surface area contributed by atoms with E-state index in [0.717, 1.165) is 25.4 Å². The van der Waals surface area contributed by atoms with Crippen molar-refractivity contribution in [2.24, 2.45) is 0 Å². The maximum absolute atomic E-state index is 5.67. The maximum atomic E-state index is 5.67. The molecule has 0 aliphatic heterocycles. The number of nitrogens with zero attached hydrogens (tertiary/aromatic N) is 2. The molecule has 0 aromatic carbocycles. The summed E-state index contributed by atoms with van der Waals surface area (Å²) in [5, 5.41) is 3.48. The lowest BCUT2D eigenvalue weighted by molar-refractivity contribution is 0.299. The highest BCUT2D eigenvalue weighted by Gasteiger charge is 2.19. The fourth-order valence-corrected chi connectivity index (χ4v) is 2.15. The third-order valence-electron chi connectivity index (χ3n) is 3.58. The molecule has 4 nitrogen and oxygen atoms in total. The van der Waals surface area contributed by atoms with Crippen molar-refractivity contribution in [2.45, 2.75) is 38.3 Å². The van der Waals surface area contributed by atoms with E-state index < -0.39 is 0 Å². The van der Waals surface area contributed by atoms with Gasteiger partial charge in [0.05, 0.1) is 6.61 Å². The van der Waals surface area contributed by atoms with Crippen LogP contribution in [0, 0.1) is 0 Å². The van der Waals surface area contributed by atoms with E-state index in [9.17, 15) is 0 Å². The zero-order valence-electron chi connectivity index (χ0n) is 12.2. The predicted molar refractivity (Wildman–Crippen MR) is 82.2 cm³/mol. The Morgan fingerprint density at radius 2 is 1.95 bits per heavy atom. The van der Waals surface area contributed by atoms with Gasteiger partial charge in [-0.2, -0.15) is 0 Å². The van der Waals surface area contributed by atoms with Gasteiger partial charge >= 0.3 is 0 Å². The van der Waals surface area contributed by atoms with Crippen molar-refractivity contribution in [3.05, 3.63) is 54.0 Å². The Morgan fingerprint density at radius 1 is 1.10 bits per heavy atom. The van der Waals surface area contributed by atoms with Gasteiger partial charge in [-0.3, -0.25) is 4.98 Å². The van der Waals surface area contributed by atoms with Gasteiger partial charge in [0.25, 0.3) is 0 Å². The maximum Gasteiger partial charge on any atom is 0.213 e. The van der Waals surface area contributed by atoms with Crippen molar-refractivity contribution >= 4 is 0 Å². The van der Waals surface area contributed by atoms with E-state index in [0.29, 0.717) is 12.5 Å². The molecular formula is C17H21N3O. The van der Waals surface area contributed by atoms with Crippen LogP contribution in [0.5, 0.6) is 5.88 Å². The molecule has 21 heavy (non-hydrogen) atoms. The van der Waals surface area contributed by atoms with Crippen LogP contribution in [0.25, 0.3) is 0 Å². The Hall–Kier alpha value is -1.94. The lowest BCUT2D eigenvalue weighted by Crippen LogP contribution is -2.15. The highest BCUT2D eigenvalue weighted by atomic mass is 16.5. The topological polar surface area (TPSA) is 47.0 Å². The number of pyridine rings is 2. The Balaban J connectivity index is 1.36. The van der Waals surface area contributed by atoms with Gasteiger partial charge in [0.1, 0.15) is 0 Å². The first kappa shape index (κ1) is 14.0. The molecule has 1 saturated carbocycles. The van der Waals surface area contributed by atoms with E-state index in [2.05, 4.69) is 21.4 Å². The Kier molecular flexibility index (Phi) is 4.79. The molecule has 0 atom stereocenters. The smallest absolute Gasteiger partial charge is 0.213 e. The summed E-state index contributed by atoms with van der Waals surface area (Å²) in [5.74, 6) is 0.708. The molecule has 110 valence electrons. The van der Waals surface area contributed by atoms with E-state index >= 15 is 0 Å². The zero-order valence-corrected chi connectivity index (χ0v) is 12.2. The van der Waals surface area contributed by atoms with Crippen LogP contribution < -0.4 is 10.1 Å². The molecule has 0 unspecified atom stereocenters. The van der Waals surface area contributed by atoms with Crippen LogP contribution in [-0.2, 0) is 13.0 Å². The van der Waals surface area contributed by atoms with Crippen molar-refractivity contribution < 1.29 is 4.74 Å². The molecular weight excluding hydrogens is 262 g/mol. The number of hydrogen-bond acceptors (Lipinski definition) is 4. The standard InChI is InChI=1S/C17H21N3O/c1(2-14-7-9-18-10-8-14)11-21-17-6-3-15(13-20-17)12-19-16-4-5-16/h3,6-10,13,16,19H,1-2,4-5,11-12H2. The Labute approximate surface area is 125 Å². The first-order valence-corrected chi connectivity index (χ1v) is 7.60. The highest BCUT2D eigenvalue weighted by Crippen LogP contribution is 2.19. The normalized spacial score (nSPS) is 14.1. The molecule has 2 aromatic heterocycles. The second kappa shape index (κ2) is 7.18. The minimum absolute atomic E-state index is 0.689. The van der Waals surface area contributed by atoms with Crippen LogP contribution in [0.15, 0.2) is 42.9 Å². The fourth-order valence-electron chi connectivity index (χ4n) is 2.15. The lowest BCUT2D eigenvalue weighted by atomic mass is 10.1. The van der Waals surface area contributed by atoms with E-state index in [4.69, 9.17) is 4.74 Å². The SMILES string of the molecule is c1cc(CCCOc2ccc(CNC3CC3)cn2)ccn1. The molecule has 3 rings (SSSR count). The summed E-state index contributed by atoms with van der Waals surface area (Å²) in [5.41, 5.74) is 2.51. The lowest BCUT2D eigenvalue weighted by Gasteiger charge is -2.07. The summed E-state index contributed by atoms with van der Waals surface area (Å²) >= 11 is 0. The summed E-state index contributed by atoms with van der Waals surface area (Å²) in [4.78, 5) is 8.36. The molecule has 0 radical (unpaired) electrons. The molecule has 0 amide bonds. The number of aryl methyl sites for hydroxylation is 1. The highest BCUT2D eigenvalue weighted by molar-refractivity contribution is 5.18. The molecule has 2 heterocycles. The van der Waals surface area contributed by atoms with E-state index in [-0.39, 0.29) is 0 Å². The zero-order chi connectivity index (χ0) is 14.3. The largest absolute Gasteiger partial charge is 0.478 e. The summed E-state index contributed by atoms with van der Waals surface area (Å²) in [7, 11) is 0. The van der Waals surface area contributed by atoms with Crippen LogP contribution >= 0.6 is 0 Å². The summed E-state index contributed by atoms with van der Waals surface area (Å²) in [6.07, 6.45) is 10.2. The van der Waals surface area contributed by atoms with Gasteiger partial charge in [-0.1, -0.05) is 6.07 Å². The Bertz CT molecular complexity index is 538. The minimum atomic E-state index is 0.689. The van der Waals surface area contributed by atoms with Crippen LogP contribution in [0.2, 0.25) is 0 Å². The molecule has 1 fully saturated rings. The van der Waals surface area contributed by atoms with Gasteiger partial charge in [-0.05, 0) is 48.9 Å². The van der Waals surface area contributed by atoms with Crippen LogP contribution in [0.4, 0.5) is 0 Å². The minimum Gasteiger partial charge on any atom is -0.478 e. The van der Waals surface area contributed by atoms with Gasteiger partial charge < -0.3 is 10.1 Å². The monoisotopic (exact) mass is 283 g/mol. The van der Waals surface area contributed by atoms with Gasteiger partial charge in [0.2, 0.25) is 5.88 Å². The number of rotatable bonds is 8. The van der Waals surface area contributed by atoms with Crippen molar-refractivity contribution in [1.29, 1.82) is 0 Å². The van der Waals surface area contributed by atoms with Gasteiger partial charge in [-0.15, -0.1) is 0 Å². The number of ether oxygens (including phenoxy) is 1.